The third-order valence-corrected chi connectivity index (χ3v) is 19.8. The van der Waals surface area contributed by atoms with E-state index in [-0.39, 0.29) is 42.0 Å². The fourth-order valence-electron chi connectivity index (χ4n) is 13.8. The number of halogens is 6. The first-order chi connectivity index (χ1) is 49.3. The van der Waals surface area contributed by atoms with Crippen molar-refractivity contribution in [1.29, 1.82) is 0 Å². The van der Waals surface area contributed by atoms with Gasteiger partial charge in [-0.15, -0.1) is 6.42 Å². The molecule has 532 valence electrons. The third kappa shape index (κ3) is 22.7. The van der Waals surface area contributed by atoms with Crippen LogP contribution in [0.3, 0.4) is 0 Å². The number of nitrogens with zero attached hydrogens (tertiary/aromatic N) is 5. The van der Waals surface area contributed by atoms with Crippen LogP contribution >= 0.6 is 34.8 Å². The summed E-state index contributed by atoms with van der Waals surface area (Å²) in [6.45, 7) is 10.3. The van der Waals surface area contributed by atoms with Crippen LogP contribution < -0.4 is 16.4 Å². The van der Waals surface area contributed by atoms with Crippen molar-refractivity contribution >= 4 is 107 Å². The van der Waals surface area contributed by atoms with Crippen molar-refractivity contribution in [2.75, 3.05) is 36.2 Å². The van der Waals surface area contributed by atoms with Crippen molar-refractivity contribution in [2.45, 2.75) is 211 Å². The number of alkyl halides is 3. The van der Waals surface area contributed by atoms with Gasteiger partial charge in [0.05, 0.1) is 70.1 Å². The van der Waals surface area contributed by atoms with Gasteiger partial charge < -0.3 is 40.3 Å². The van der Waals surface area contributed by atoms with E-state index in [0.29, 0.717) is 109 Å². The number of carboxylic acid groups (broad SMARTS) is 1. The van der Waals surface area contributed by atoms with Crippen molar-refractivity contribution in [2.24, 2.45) is 11.8 Å². The van der Waals surface area contributed by atoms with Gasteiger partial charge in [-0.25, -0.2) is 18.2 Å². The first-order valence-corrected chi connectivity index (χ1v) is 36.3. The summed E-state index contributed by atoms with van der Waals surface area (Å²) in [5.41, 5.74) is 14.2. The molecule has 3 saturated carbocycles. The standard InChI is InChI=1S/C23H28ClFN2O2.C22H25ClFN3O.C15H18ClN3O.C15H4.C7H11FO2/c1-14-10-19(8-9-29-14)27-23-16(11-22(28)15-2-5-18(25)6-3-15)13-26-21-7-4-17(24)12-20(21)23;1-13-10-17(8-9-28-13)27-21-18-11-15(23)4-7-19(18)25-12-20(21)26-22(27)14-2-5-16(24)6-3-14;1-9-6-11(4-5-20-9)19-15-12-7-10(16)2-3-14(12)18-8-13(15)17;1-3-5-7-9-11-13-15-14-12-10-8-6-4-2;8-6-3-1-5(2-4-6)7(9)10/h4,7,12-15,18-19H,2-3,5-6,8-11H2,1H3,(H,26,27);4,7,11-14,16-17H,2-3,5-6,8-10H2,1H3;2-3,7-9,11H,4-6,17H2,1H3,(H,18,19);1H,2H3;5-6H,1-4H2,(H,9,10)/t14-,15?,18?,19-;13-,14?,16?,17-;9-,11-;;/m111../s1. The Bertz CT molecular complexity index is 4520. The number of carbonyl (C=O) groups is 2. The summed E-state index contributed by atoms with van der Waals surface area (Å²) in [7, 11) is 0. The first kappa shape index (κ1) is 77.5. The van der Waals surface area contributed by atoms with Crippen LogP contribution in [0.15, 0.2) is 73.2 Å². The number of pyridine rings is 3. The Morgan fingerprint density at radius 1 is 0.559 bits per heavy atom. The summed E-state index contributed by atoms with van der Waals surface area (Å²) in [6, 6.07) is 18.1. The van der Waals surface area contributed by atoms with E-state index >= 15 is 0 Å². The highest BCUT2D eigenvalue weighted by atomic mass is 35.5. The Morgan fingerprint density at radius 2 is 1.00 bits per heavy atom. The number of aromatic nitrogens is 5. The van der Waals surface area contributed by atoms with E-state index in [1.807, 2.05) is 60.8 Å². The van der Waals surface area contributed by atoms with Gasteiger partial charge in [-0.1, -0.05) is 40.7 Å². The van der Waals surface area contributed by atoms with Crippen molar-refractivity contribution < 1.29 is 42.1 Å². The molecule has 0 spiro atoms. The van der Waals surface area contributed by atoms with Crippen LogP contribution in [-0.2, 0) is 30.2 Å². The van der Waals surface area contributed by atoms with Gasteiger partial charge in [0, 0.05) is 105 Å². The molecule has 3 saturated heterocycles. The topological polar surface area (TPSA) is 189 Å². The maximum absolute atomic E-state index is 13.8. The maximum Gasteiger partial charge on any atom is 0.306 e. The Labute approximate surface area is 612 Å². The minimum Gasteiger partial charge on any atom is -0.481 e. The molecule has 0 radical (unpaired) electrons. The number of fused-ring (bicyclic) bond motifs is 5. The number of anilines is 3. The van der Waals surface area contributed by atoms with E-state index in [1.54, 1.807) is 19.3 Å². The summed E-state index contributed by atoms with van der Waals surface area (Å²) in [6.07, 6.45) is 21.9. The van der Waals surface area contributed by atoms with E-state index in [4.69, 9.17) is 71.3 Å². The van der Waals surface area contributed by atoms with E-state index in [9.17, 15) is 22.8 Å². The average Bonchev–Trinajstić information content (AvgIpc) is 1.53. The van der Waals surface area contributed by atoms with Crippen molar-refractivity contribution in [3.8, 4) is 83.4 Å². The summed E-state index contributed by atoms with van der Waals surface area (Å²) in [5, 5.41) is 20.7. The lowest BCUT2D eigenvalue weighted by Gasteiger charge is -2.32. The molecule has 3 aromatic carbocycles. The number of aliphatic carboxylic acids is 1. The third-order valence-electron chi connectivity index (χ3n) is 19.1. The number of terminal acetylenes is 1. The fraction of sp³-hybridized carbons (Fsp3) is 0.463. The van der Waals surface area contributed by atoms with E-state index in [2.05, 4.69) is 128 Å². The molecule has 13 rings (SSSR count). The van der Waals surface area contributed by atoms with Crippen LogP contribution in [0.4, 0.5) is 30.2 Å². The molecular weight excluding hydrogens is 1360 g/mol. The molecule has 14 nitrogen and oxygen atoms in total. The zero-order valence-corrected chi connectivity index (χ0v) is 60.3. The molecule has 3 aliphatic heterocycles. The van der Waals surface area contributed by atoms with Crippen LogP contribution in [0, 0.1) is 95.2 Å². The minimum absolute atomic E-state index is 0.0481. The summed E-state index contributed by atoms with van der Waals surface area (Å²) in [4.78, 5) is 41.8. The number of nitrogen functional groups attached to an aromatic ring is 1. The number of hydrogen-bond acceptors (Lipinski definition) is 12. The number of benzene rings is 3. The SMILES string of the molecule is C#CC#CC#CC#CC#CC#CC#CC.C[C@@H]1C[C@H](Nc2c(CC(=O)C3CCC(F)CC3)cnc3ccc(Cl)cc23)CCO1.C[C@@H]1C[C@H](Nc2c(N)cnc3ccc(Cl)cc23)CCO1.C[C@@H]1C[C@H](n2c(C3CCC(F)CC3)nc3cnc4ccc(Cl)cc4c32)CCO1.O=C(O)C1CCC(F)CC1. The number of imidazole rings is 1. The fourth-order valence-corrected chi connectivity index (χ4v) is 14.4. The van der Waals surface area contributed by atoms with Gasteiger partial charge in [0.2, 0.25) is 0 Å². The van der Waals surface area contributed by atoms with Crippen LogP contribution in [0.5, 0.6) is 0 Å². The van der Waals surface area contributed by atoms with E-state index in [0.717, 1.165) is 138 Å². The molecule has 6 atom stereocenters. The molecule has 7 heterocycles. The average molecular weight is 1440 g/mol. The molecule has 0 bridgehead atoms. The normalized spacial score (nSPS) is 24.1. The molecule has 5 N–H and O–H groups in total. The van der Waals surface area contributed by atoms with Gasteiger partial charge in [-0.3, -0.25) is 24.5 Å². The van der Waals surface area contributed by atoms with Gasteiger partial charge in [0.25, 0.3) is 0 Å². The maximum atomic E-state index is 13.8. The molecule has 4 aromatic heterocycles. The molecule has 6 fully saturated rings. The molecule has 102 heavy (non-hydrogen) atoms. The number of carboxylic acids is 1. The number of carbonyl (C=O) groups excluding carboxylic acids is 1. The summed E-state index contributed by atoms with van der Waals surface area (Å²) in [5.74, 6) is 32.4. The van der Waals surface area contributed by atoms with Crippen LogP contribution in [0.1, 0.15) is 167 Å². The largest absolute Gasteiger partial charge is 0.481 e. The highest BCUT2D eigenvalue weighted by Crippen LogP contribution is 2.42. The van der Waals surface area contributed by atoms with Crippen molar-refractivity contribution in [3.63, 3.8) is 0 Å². The molecule has 7 aromatic rings. The predicted octanol–water partition coefficient (Wildman–Crippen LogP) is 17.2. The number of ketones is 1. The number of Topliss-reactive ketones (excluding diaryl/α,β-unsaturated/α-hetero) is 1. The molecular formula is C82H86Cl3F3N8O6. The Kier molecular flexibility index (Phi) is 29.7. The van der Waals surface area contributed by atoms with Crippen molar-refractivity contribution in [1.82, 2.24) is 24.5 Å². The predicted molar refractivity (Wildman–Crippen MR) is 403 cm³/mol. The lowest BCUT2D eigenvalue weighted by molar-refractivity contribution is -0.143. The van der Waals surface area contributed by atoms with Gasteiger partial charge in [0.1, 0.15) is 35.6 Å². The van der Waals surface area contributed by atoms with Gasteiger partial charge in [0.15, 0.2) is 0 Å². The molecule has 0 unspecified atom stereocenters. The van der Waals surface area contributed by atoms with Crippen LogP contribution in [0.2, 0.25) is 15.1 Å². The van der Waals surface area contributed by atoms with Gasteiger partial charge in [-0.05, 0) is 269 Å². The van der Waals surface area contributed by atoms with Crippen LogP contribution in [0.25, 0.3) is 43.7 Å². The van der Waals surface area contributed by atoms with Gasteiger partial charge in [-0.2, -0.15) is 0 Å². The number of nitrogens with two attached hydrogens (primary N) is 1. The minimum atomic E-state index is -0.771. The van der Waals surface area contributed by atoms with E-state index < -0.39 is 24.5 Å². The van der Waals surface area contributed by atoms with Gasteiger partial charge >= 0.3 is 5.97 Å². The zero-order chi connectivity index (χ0) is 72.5. The molecule has 6 aliphatic rings. The number of hydrogen-bond donors (Lipinski definition) is 4. The second kappa shape index (κ2) is 39.1. The summed E-state index contributed by atoms with van der Waals surface area (Å²) < 4.78 is 59.1. The lowest BCUT2D eigenvalue weighted by atomic mass is 9.83. The smallest absolute Gasteiger partial charge is 0.306 e. The second-order valence-electron chi connectivity index (χ2n) is 26.6. The number of nitrogens with one attached hydrogen (secondary N) is 2. The zero-order valence-electron chi connectivity index (χ0n) is 58.1. The monoisotopic (exact) mass is 1440 g/mol. The Morgan fingerprint density at radius 3 is 1.51 bits per heavy atom. The number of ether oxygens (including phenoxy) is 3. The second-order valence-corrected chi connectivity index (χ2v) is 27.9. The molecule has 3 aliphatic carbocycles. The Hall–Kier alpha value is -8.64. The lowest BCUT2D eigenvalue weighted by Crippen LogP contribution is -2.33. The molecule has 0 amide bonds. The van der Waals surface area contributed by atoms with E-state index in [1.165, 1.54) is 0 Å². The highest BCUT2D eigenvalue weighted by Gasteiger charge is 2.33. The quantitative estimate of drug-likeness (QED) is 0.0948. The Balaban J connectivity index is 0.000000155. The van der Waals surface area contributed by atoms with Crippen LogP contribution in [-0.4, -0.2) is 110 Å². The first-order valence-electron chi connectivity index (χ1n) is 35.1. The summed E-state index contributed by atoms with van der Waals surface area (Å²) >= 11 is 18.7. The van der Waals surface area contributed by atoms with Crippen molar-refractivity contribution in [3.05, 3.63) is 99.6 Å². The molecule has 20 heteroatoms. The highest BCUT2D eigenvalue weighted by molar-refractivity contribution is 6.32. The number of rotatable bonds is 10.